The van der Waals surface area contributed by atoms with Crippen LogP contribution in [-0.4, -0.2) is 12.8 Å². The lowest BCUT2D eigenvalue weighted by Gasteiger charge is -2.28. The molecule has 2 rings (SSSR count). The van der Waals surface area contributed by atoms with E-state index in [2.05, 4.69) is 37.6 Å². The van der Waals surface area contributed by atoms with Gasteiger partial charge in [-0.25, -0.2) is 0 Å². The van der Waals surface area contributed by atoms with Crippen LogP contribution in [0.1, 0.15) is 68.6 Å². The Bertz CT molecular complexity index is 702. The van der Waals surface area contributed by atoms with E-state index in [-0.39, 0.29) is 0 Å². The quantitative estimate of drug-likeness (QED) is 0.665. The fraction of sp³-hybridized carbons (Fsp3) is 0.455. The molecule has 1 aromatic carbocycles. The third kappa shape index (κ3) is 5.14. The van der Waals surface area contributed by atoms with Crippen LogP contribution in [0.25, 0.3) is 5.70 Å². The Morgan fingerprint density at radius 2 is 2.24 bits per heavy atom. The maximum atomic E-state index is 9.19. The molecule has 1 saturated carbocycles. The Balaban J connectivity index is 2.24. The van der Waals surface area contributed by atoms with Crippen molar-refractivity contribution in [3.63, 3.8) is 0 Å². The molecule has 132 valence electrons. The number of allylic oxidation sites excluding steroid dienone is 1. The Hall–Kier alpha value is -2.18. The first-order valence-corrected chi connectivity index (χ1v) is 9.27. The van der Waals surface area contributed by atoms with Crippen LogP contribution in [0, 0.1) is 17.2 Å². The summed E-state index contributed by atoms with van der Waals surface area (Å²) in [4.78, 5) is 4.63. The van der Waals surface area contributed by atoms with Crippen LogP contribution >= 0.6 is 0 Å². The van der Waals surface area contributed by atoms with Crippen LogP contribution in [-0.2, 0) is 0 Å². The molecule has 0 saturated heterocycles. The third-order valence-corrected chi connectivity index (χ3v) is 5.00. The Morgan fingerprint density at radius 1 is 1.48 bits per heavy atom. The van der Waals surface area contributed by atoms with Gasteiger partial charge in [-0.1, -0.05) is 45.4 Å². The van der Waals surface area contributed by atoms with Crippen LogP contribution in [0.2, 0.25) is 0 Å². The average Bonchev–Trinajstić information content (AvgIpc) is 2.57. The van der Waals surface area contributed by atoms with E-state index in [4.69, 9.17) is 5.73 Å². The topological polar surface area (TPSA) is 62.2 Å². The highest BCUT2D eigenvalue weighted by Gasteiger charge is 2.23. The fourth-order valence-electron chi connectivity index (χ4n) is 3.02. The molecular weight excluding hydrogens is 306 g/mol. The Morgan fingerprint density at radius 3 is 2.80 bits per heavy atom. The molecule has 1 aromatic rings. The zero-order valence-corrected chi connectivity index (χ0v) is 15.5. The molecule has 2 N–H and O–H groups in total. The van der Waals surface area contributed by atoms with Crippen molar-refractivity contribution in [3.8, 4) is 6.07 Å². The van der Waals surface area contributed by atoms with Gasteiger partial charge in [0.1, 0.15) is 0 Å². The van der Waals surface area contributed by atoms with Gasteiger partial charge >= 0.3 is 0 Å². The van der Waals surface area contributed by atoms with Crippen molar-refractivity contribution in [2.24, 2.45) is 16.6 Å². The van der Waals surface area contributed by atoms with Crippen molar-refractivity contribution in [1.82, 2.24) is 0 Å². The number of aliphatic imine (C=N–C) groups is 1. The van der Waals surface area contributed by atoms with Gasteiger partial charge in [-0.2, -0.15) is 5.26 Å². The summed E-state index contributed by atoms with van der Waals surface area (Å²) in [6, 6.07) is 8.10. The zero-order chi connectivity index (χ0) is 18.2. The van der Waals surface area contributed by atoms with Crippen molar-refractivity contribution in [1.29, 1.82) is 5.26 Å². The average molecular weight is 335 g/mol. The number of nitriles is 1. The van der Waals surface area contributed by atoms with Gasteiger partial charge in [-0.3, -0.25) is 4.99 Å². The summed E-state index contributed by atoms with van der Waals surface area (Å²) in [7, 11) is 0. The van der Waals surface area contributed by atoms with Crippen LogP contribution in [0.3, 0.4) is 0 Å². The molecule has 1 atom stereocenters. The first-order chi connectivity index (χ1) is 12.1. The van der Waals surface area contributed by atoms with Crippen molar-refractivity contribution in [2.75, 3.05) is 6.54 Å². The van der Waals surface area contributed by atoms with E-state index >= 15 is 0 Å². The number of nitrogens with zero attached hydrogens (tertiary/aromatic N) is 2. The Kier molecular flexibility index (Phi) is 7.16. The number of hydrogen-bond donors (Lipinski definition) is 1. The minimum atomic E-state index is 0.515. The van der Waals surface area contributed by atoms with Gasteiger partial charge in [0.25, 0.3) is 0 Å². The van der Waals surface area contributed by atoms with Gasteiger partial charge in [0.2, 0.25) is 0 Å². The molecule has 0 aromatic heterocycles. The molecule has 0 radical (unpaired) electrons. The maximum absolute atomic E-state index is 9.19. The van der Waals surface area contributed by atoms with E-state index in [1.165, 1.54) is 24.8 Å². The van der Waals surface area contributed by atoms with Gasteiger partial charge in [-0.15, -0.1) is 0 Å². The second-order valence-electron chi connectivity index (χ2n) is 6.91. The second-order valence-corrected chi connectivity index (χ2v) is 6.91. The molecule has 3 nitrogen and oxygen atoms in total. The lowest BCUT2D eigenvalue weighted by atomic mass is 9.77. The molecule has 0 spiro atoms. The van der Waals surface area contributed by atoms with E-state index in [1.54, 1.807) is 0 Å². The molecule has 1 aliphatic rings. The summed E-state index contributed by atoms with van der Waals surface area (Å²) in [5.41, 5.74) is 10.7. The van der Waals surface area contributed by atoms with Crippen LogP contribution < -0.4 is 5.73 Å². The van der Waals surface area contributed by atoms with Gasteiger partial charge in [0.05, 0.1) is 17.3 Å². The molecule has 0 aliphatic heterocycles. The van der Waals surface area contributed by atoms with Gasteiger partial charge in [0, 0.05) is 11.8 Å². The molecule has 25 heavy (non-hydrogen) atoms. The van der Waals surface area contributed by atoms with E-state index in [1.807, 2.05) is 24.4 Å². The highest BCUT2D eigenvalue weighted by molar-refractivity contribution is 5.85. The summed E-state index contributed by atoms with van der Waals surface area (Å²) in [5, 5.41) is 9.19. The monoisotopic (exact) mass is 335 g/mol. The van der Waals surface area contributed by atoms with E-state index in [9.17, 15) is 5.26 Å². The summed E-state index contributed by atoms with van der Waals surface area (Å²) in [6.07, 6.45) is 9.71. The van der Waals surface area contributed by atoms with Crippen LogP contribution in [0.15, 0.2) is 41.4 Å². The normalized spacial score (nSPS) is 16.5. The third-order valence-electron chi connectivity index (χ3n) is 5.00. The standard InChI is InChI=1S/C22H29N3/c1-4-16(2)12-19(10-11-23)15-25-17(3)21-9-8-18(14-24)13-22(21)20-6-5-7-20/h8-9,12-13,15-16,20H,3-7,10-11,23H2,1-2H3/b19-12-,25-15?. The second kappa shape index (κ2) is 9.34. The number of benzene rings is 1. The van der Waals surface area contributed by atoms with Crippen LogP contribution in [0.4, 0.5) is 0 Å². The highest BCUT2D eigenvalue weighted by atomic mass is 14.7. The summed E-state index contributed by atoms with van der Waals surface area (Å²) < 4.78 is 0. The van der Waals surface area contributed by atoms with Crippen molar-refractivity contribution in [2.45, 2.75) is 51.9 Å². The minimum Gasteiger partial charge on any atom is -0.330 e. The molecule has 1 fully saturated rings. The number of hydrogen-bond acceptors (Lipinski definition) is 3. The van der Waals surface area contributed by atoms with E-state index in [0.29, 0.717) is 23.9 Å². The molecule has 1 aliphatic carbocycles. The maximum Gasteiger partial charge on any atom is 0.0991 e. The molecular formula is C22H29N3. The molecule has 1 unspecified atom stereocenters. The summed E-state index contributed by atoms with van der Waals surface area (Å²) in [6.45, 7) is 9.17. The summed E-state index contributed by atoms with van der Waals surface area (Å²) >= 11 is 0. The van der Waals surface area contributed by atoms with Crippen molar-refractivity contribution in [3.05, 3.63) is 53.1 Å². The number of nitrogens with two attached hydrogens (primary N) is 1. The number of rotatable bonds is 8. The molecule has 0 bridgehead atoms. The van der Waals surface area contributed by atoms with Crippen LogP contribution in [0.5, 0.6) is 0 Å². The summed E-state index contributed by atoms with van der Waals surface area (Å²) in [5.74, 6) is 1.05. The first-order valence-electron chi connectivity index (χ1n) is 9.27. The molecule has 3 heteroatoms. The van der Waals surface area contributed by atoms with E-state index in [0.717, 1.165) is 29.7 Å². The lowest BCUT2D eigenvalue weighted by molar-refractivity contribution is 0.419. The lowest BCUT2D eigenvalue weighted by Crippen LogP contribution is -2.11. The minimum absolute atomic E-state index is 0.515. The highest BCUT2D eigenvalue weighted by Crippen LogP contribution is 2.40. The van der Waals surface area contributed by atoms with Crippen molar-refractivity contribution >= 4 is 11.9 Å². The Labute approximate surface area is 152 Å². The predicted molar refractivity (Wildman–Crippen MR) is 106 cm³/mol. The van der Waals surface area contributed by atoms with Gasteiger partial charge in [-0.05, 0) is 60.9 Å². The largest absolute Gasteiger partial charge is 0.330 e. The fourth-order valence-corrected chi connectivity index (χ4v) is 3.02. The smallest absolute Gasteiger partial charge is 0.0991 e. The predicted octanol–water partition coefficient (Wildman–Crippen LogP) is 5.19. The first kappa shape index (κ1) is 19.1. The molecule has 0 heterocycles. The van der Waals surface area contributed by atoms with Crippen molar-refractivity contribution < 1.29 is 0 Å². The van der Waals surface area contributed by atoms with Gasteiger partial charge < -0.3 is 5.73 Å². The molecule has 0 amide bonds. The zero-order valence-electron chi connectivity index (χ0n) is 15.5. The van der Waals surface area contributed by atoms with E-state index < -0.39 is 0 Å². The SMILES string of the molecule is C=C(N=C/C(=C\C(C)CC)CCN)c1ccc(C#N)cc1C1CCC1. The van der Waals surface area contributed by atoms with Gasteiger partial charge in [0.15, 0.2) is 0 Å².